The first-order valence-corrected chi connectivity index (χ1v) is 11.3. The lowest BCUT2D eigenvalue weighted by molar-refractivity contribution is 0.102. The molecule has 0 unspecified atom stereocenters. The van der Waals surface area contributed by atoms with Crippen LogP contribution in [0.25, 0.3) is 10.4 Å². The van der Waals surface area contributed by atoms with Gasteiger partial charge in [-0.1, -0.05) is 30.3 Å². The Hall–Kier alpha value is -2.84. The van der Waals surface area contributed by atoms with Crippen LogP contribution in [0.2, 0.25) is 0 Å². The van der Waals surface area contributed by atoms with E-state index in [2.05, 4.69) is 10.0 Å². The first-order valence-electron chi connectivity index (χ1n) is 8.57. The third-order valence-electron chi connectivity index (χ3n) is 3.71. The Balaban J connectivity index is 1.81. The van der Waals surface area contributed by atoms with E-state index in [1.54, 1.807) is 24.3 Å². The van der Waals surface area contributed by atoms with Gasteiger partial charge in [0.05, 0.1) is 12.9 Å². The maximum atomic E-state index is 12.8. The van der Waals surface area contributed by atoms with Gasteiger partial charge in [0.2, 0.25) is 10.0 Å². The van der Waals surface area contributed by atoms with E-state index < -0.39 is 10.0 Å². The lowest BCUT2D eigenvalue weighted by Crippen LogP contribution is -2.12. The fraction of sp³-hybridized carbons (Fsp3) is 0.150. The normalized spacial score (nSPS) is 11.1. The number of sulfonamides is 1. The molecule has 28 heavy (non-hydrogen) atoms. The molecule has 8 heteroatoms. The maximum Gasteiger partial charge on any atom is 0.269 e. The Labute approximate surface area is 168 Å². The van der Waals surface area contributed by atoms with Gasteiger partial charge in [-0.05, 0) is 42.8 Å². The standard InChI is InChI=1S/C20H20N2O4S2/c1-3-26-17-13-18(14-7-5-4-6-8-14)27-19(17)20(23)21-15-9-11-16(12-10-15)22-28(2,24)25/h4-13,22H,3H2,1-2H3,(H,21,23). The number of nitrogens with one attached hydrogen (secondary N) is 2. The van der Waals surface area contributed by atoms with Crippen molar-refractivity contribution in [2.75, 3.05) is 22.9 Å². The van der Waals surface area contributed by atoms with Crippen molar-refractivity contribution in [3.05, 3.63) is 65.5 Å². The molecule has 1 heterocycles. The lowest BCUT2D eigenvalue weighted by Gasteiger charge is -2.08. The second-order valence-corrected chi connectivity index (χ2v) is 8.81. The molecule has 6 nitrogen and oxygen atoms in total. The monoisotopic (exact) mass is 416 g/mol. The summed E-state index contributed by atoms with van der Waals surface area (Å²) in [6.07, 6.45) is 1.08. The van der Waals surface area contributed by atoms with Gasteiger partial charge in [0, 0.05) is 16.3 Å². The summed E-state index contributed by atoms with van der Waals surface area (Å²) in [5.41, 5.74) is 2.00. The largest absolute Gasteiger partial charge is 0.492 e. The number of carbonyl (C=O) groups is 1. The molecular weight excluding hydrogens is 396 g/mol. The maximum absolute atomic E-state index is 12.8. The van der Waals surface area contributed by atoms with Gasteiger partial charge in [0.25, 0.3) is 5.91 Å². The van der Waals surface area contributed by atoms with Crippen molar-refractivity contribution in [2.24, 2.45) is 0 Å². The van der Waals surface area contributed by atoms with Crippen molar-refractivity contribution < 1.29 is 17.9 Å². The van der Waals surface area contributed by atoms with E-state index in [9.17, 15) is 13.2 Å². The first-order chi connectivity index (χ1) is 13.4. The second-order valence-electron chi connectivity index (χ2n) is 6.01. The third kappa shape index (κ3) is 5.11. The van der Waals surface area contributed by atoms with Crippen molar-refractivity contribution in [1.82, 2.24) is 0 Å². The van der Waals surface area contributed by atoms with Crippen LogP contribution in [0, 0.1) is 0 Å². The van der Waals surface area contributed by atoms with Crippen LogP contribution in [-0.2, 0) is 10.0 Å². The minimum Gasteiger partial charge on any atom is -0.492 e. The molecule has 1 aromatic heterocycles. The van der Waals surface area contributed by atoms with Crippen LogP contribution in [0.1, 0.15) is 16.6 Å². The molecule has 0 radical (unpaired) electrons. The molecule has 0 aliphatic carbocycles. The number of rotatable bonds is 7. The Kier molecular flexibility index (Phi) is 6.01. The molecule has 0 aliphatic rings. The van der Waals surface area contributed by atoms with Crippen molar-refractivity contribution >= 4 is 38.6 Å². The summed E-state index contributed by atoms with van der Waals surface area (Å²) in [6, 6.07) is 18.1. The van der Waals surface area contributed by atoms with Gasteiger partial charge in [-0.15, -0.1) is 11.3 Å². The molecule has 0 spiro atoms. The highest BCUT2D eigenvalue weighted by atomic mass is 32.2. The average molecular weight is 417 g/mol. The van der Waals surface area contributed by atoms with Crippen molar-refractivity contribution in [2.45, 2.75) is 6.92 Å². The van der Waals surface area contributed by atoms with E-state index in [0.29, 0.717) is 28.6 Å². The Morgan fingerprint density at radius 1 is 1.04 bits per heavy atom. The van der Waals surface area contributed by atoms with Crippen LogP contribution in [0.15, 0.2) is 60.7 Å². The highest BCUT2D eigenvalue weighted by Gasteiger charge is 2.18. The summed E-state index contributed by atoms with van der Waals surface area (Å²) in [5, 5.41) is 2.83. The van der Waals surface area contributed by atoms with Gasteiger partial charge < -0.3 is 10.1 Å². The molecule has 3 rings (SSSR count). The van der Waals surface area contributed by atoms with E-state index in [1.807, 2.05) is 43.3 Å². The minimum atomic E-state index is -3.34. The molecular formula is C20H20N2O4S2. The first kappa shape index (κ1) is 19.9. The van der Waals surface area contributed by atoms with Gasteiger partial charge in [0.1, 0.15) is 10.6 Å². The quantitative estimate of drug-likeness (QED) is 0.596. The zero-order valence-electron chi connectivity index (χ0n) is 15.4. The van der Waals surface area contributed by atoms with Crippen LogP contribution in [0.3, 0.4) is 0 Å². The minimum absolute atomic E-state index is 0.278. The average Bonchev–Trinajstić information content (AvgIpc) is 3.07. The summed E-state index contributed by atoms with van der Waals surface area (Å²) in [6.45, 7) is 2.33. The molecule has 146 valence electrons. The number of hydrogen-bond donors (Lipinski definition) is 2. The topological polar surface area (TPSA) is 84.5 Å². The molecule has 2 aromatic carbocycles. The summed E-state index contributed by atoms with van der Waals surface area (Å²) in [4.78, 5) is 14.2. The van der Waals surface area contributed by atoms with Gasteiger partial charge in [0.15, 0.2) is 0 Å². The number of amides is 1. The predicted molar refractivity (Wildman–Crippen MR) is 114 cm³/mol. The molecule has 0 fully saturated rings. The SMILES string of the molecule is CCOc1cc(-c2ccccc2)sc1C(=O)Nc1ccc(NS(C)(=O)=O)cc1. The van der Waals surface area contributed by atoms with Crippen molar-refractivity contribution in [1.29, 1.82) is 0 Å². The van der Waals surface area contributed by atoms with Crippen molar-refractivity contribution in [3.63, 3.8) is 0 Å². The Bertz CT molecular complexity index is 1060. The number of hydrogen-bond acceptors (Lipinski definition) is 5. The van der Waals surface area contributed by atoms with Crippen LogP contribution < -0.4 is 14.8 Å². The highest BCUT2D eigenvalue weighted by molar-refractivity contribution is 7.92. The smallest absolute Gasteiger partial charge is 0.269 e. The molecule has 0 atom stereocenters. The number of ether oxygens (including phenoxy) is 1. The number of carbonyl (C=O) groups excluding carboxylic acids is 1. The number of thiophene rings is 1. The molecule has 0 aliphatic heterocycles. The van der Waals surface area contributed by atoms with Gasteiger partial charge in [-0.2, -0.15) is 0 Å². The van der Waals surface area contributed by atoms with Crippen LogP contribution in [0.5, 0.6) is 5.75 Å². The Morgan fingerprint density at radius 3 is 2.29 bits per heavy atom. The summed E-state index contributed by atoms with van der Waals surface area (Å²) in [5.74, 6) is 0.263. The molecule has 3 aromatic rings. The highest BCUT2D eigenvalue weighted by Crippen LogP contribution is 2.36. The third-order valence-corrected chi connectivity index (χ3v) is 5.48. The van der Waals surface area contributed by atoms with E-state index in [0.717, 1.165) is 16.7 Å². The van der Waals surface area contributed by atoms with Crippen LogP contribution in [-0.4, -0.2) is 27.2 Å². The lowest BCUT2D eigenvalue weighted by atomic mass is 10.2. The number of benzene rings is 2. The van der Waals surface area contributed by atoms with Crippen LogP contribution in [0.4, 0.5) is 11.4 Å². The van der Waals surface area contributed by atoms with E-state index >= 15 is 0 Å². The van der Waals surface area contributed by atoms with Crippen LogP contribution >= 0.6 is 11.3 Å². The van der Waals surface area contributed by atoms with Gasteiger partial charge in [-0.3, -0.25) is 9.52 Å². The zero-order valence-corrected chi connectivity index (χ0v) is 17.1. The van der Waals surface area contributed by atoms with Gasteiger partial charge >= 0.3 is 0 Å². The van der Waals surface area contributed by atoms with Gasteiger partial charge in [-0.25, -0.2) is 8.42 Å². The summed E-state index contributed by atoms with van der Waals surface area (Å²) >= 11 is 1.36. The fourth-order valence-corrected chi connectivity index (χ4v) is 4.13. The number of anilines is 2. The van der Waals surface area contributed by atoms with Crippen molar-refractivity contribution in [3.8, 4) is 16.2 Å². The van der Waals surface area contributed by atoms with E-state index in [4.69, 9.17) is 4.74 Å². The second kappa shape index (κ2) is 8.45. The van der Waals surface area contributed by atoms with E-state index in [-0.39, 0.29) is 5.91 Å². The summed E-state index contributed by atoms with van der Waals surface area (Å²) in [7, 11) is -3.34. The Morgan fingerprint density at radius 2 is 1.68 bits per heavy atom. The molecule has 0 saturated heterocycles. The van der Waals surface area contributed by atoms with E-state index in [1.165, 1.54) is 11.3 Å². The molecule has 0 saturated carbocycles. The molecule has 1 amide bonds. The summed E-state index contributed by atoms with van der Waals surface area (Å²) < 4.78 is 30.6. The molecule has 0 bridgehead atoms. The molecule has 2 N–H and O–H groups in total. The predicted octanol–water partition coefficient (Wildman–Crippen LogP) is 4.44. The fourth-order valence-electron chi connectivity index (χ4n) is 2.56. The zero-order chi connectivity index (χ0) is 20.1.